The molecule has 7 heteroatoms. The minimum Gasteiger partial charge on any atom is -0.505 e. The molecule has 3 rings (SSSR count). The number of carbonyl (C=O) groups is 2. The Morgan fingerprint density at radius 1 is 1.20 bits per heavy atom. The number of anilines is 1. The van der Waals surface area contributed by atoms with Crippen LogP contribution in [0.5, 0.6) is 5.75 Å². The Bertz CT molecular complexity index is 723. The number of phenolic OH excluding ortho intramolecular Hbond substituents is 1. The quantitative estimate of drug-likeness (QED) is 0.514. The predicted molar refractivity (Wildman–Crippen MR) is 93.2 cm³/mol. The van der Waals surface area contributed by atoms with Crippen molar-refractivity contribution in [3.63, 3.8) is 0 Å². The molecule has 1 atom stereocenters. The molecule has 1 amide bonds. The van der Waals surface area contributed by atoms with Crippen molar-refractivity contribution in [2.75, 3.05) is 12.4 Å². The molecular formula is C18H23N3O4. The van der Waals surface area contributed by atoms with Crippen molar-refractivity contribution in [3.8, 4) is 5.75 Å². The lowest BCUT2D eigenvalue weighted by Crippen LogP contribution is -2.48. The van der Waals surface area contributed by atoms with Gasteiger partial charge < -0.3 is 26.2 Å². The molecule has 0 aromatic heterocycles. The van der Waals surface area contributed by atoms with Crippen molar-refractivity contribution in [3.05, 3.63) is 35.2 Å². The summed E-state index contributed by atoms with van der Waals surface area (Å²) in [6.07, 6.45) is 4.34. The Morgan fingerprint density at radius 2 is 1.92 bits per heavy atom. The first-order valence-corrected chi connectivity index (χ1v) is 8.57. The van der Waals surface area contributed by atoms with E-state index in [-0.39, 0.29) is 28.7 Å². The average molecular weight is 345 g/mol. The normalized spacial score (nSPS) is 20.9. The zero-order valence-electron chi connectivity index (χ0n) is 14.1. The van der Waals surface area contributed by atoms with E-state index in [0.717, 1.165) is 25.7 Å². The van der Waals surface area contributed by atoms with Gasteiger partial charge in [0.15, 0.2) is 11.9 Å². The van der Waals surface area contributed by atoms with E-state index in [1.54, 1.807) is 12.1 Å². The summed E-state index contributed by atoms with van der Waals surface area (Å²) in [4.78, 5) is 23.8. The molecule has 1 fully saturated rings. The molecule has 0 bridgehead atoms. The average Bonchev–Trinajstić information content (AvgIpc) is 2.65. The van der Waals surface area contributed by atoms with Crippen molar-refractivity contribution in [2.45, 2.75) is 44.2 Å². The maximum absolute atomic E-state index is 12.0. The van der Waals surface area contributed by atoms with Gasteiger partial charge in [-0.25, -0.2) is 0 Å². The highest BCUT2D eigenvalue weighted by Gasteiger charge is 2.39. The van der Waals surface area contributed by atoms with Gasteiger partial charge in [0, 0.05) is 13.1 Å². The van der Waals surface area contributed by atoms with Gasteiger partial charge in [-0.1, -0.05) is 25.3 Å². The van der Waals surface area contributed by atoms with Gasteiger partial charge >= 0.3 is 0 Å². The van der Waals surface area contributed by atoms with Crippen LogP contribution in [0.25, 0.3) is 0 Å². The summed E-state index contributed by atoms with van der Waals surface area (Å²) >= 11 is 0. The Labute approximate surface area is 146 Å². The van der Waals surface area contributed by atoms with Gasteiger partial charge in [0.25, 0.3) is 5.91 Å². The summed E-state index contributed by atoms with van der Waals surface area (Å²) in [7, 11) is 1.47. The van der Waals surface area contributed by atoms with Crippen LogP contribution in [-0.2, 0) is 4.79 Å². The van der Waals surface area contributed by atoms with Crippen LogP contribution in [0.15, 0.2) is 29.6 Å². The minimum absolute atomic E-state index is 0.113. The van der Waals surface area contributed by atoms with Crippen molar-refractivity contribution >= 4 is 17.4 Å². The molecule has 0 saturated heterocycles. The fourth-order valence-corrected chi connectivity index (χ4v) is 3.30. The van der Waals surface area contributed by atoms with Gasteiger partial charge in [-0.15, -0.1) is 0 Å². The zero-order chi connectivity index (χ0) is 18.0. The second kappa shape index (κ2) is 7.14. The lowest BCUT2D eigenvalue weighted by molar-refractivity contribution is -0.124. The summed E-state index contributed by atoms with van der Waals surface area (Å²) in [6, 6.07) is 4.92. The minimum atomic E-state index is -1.16. The van der Waals surface area contributed by atoms with Gasteiger partial charge in [0.1, 0.15) is 5.70 Å². The van der Waals surface area contributed by atoms with Crippen LogP contribution < -0.4 is 16.0 Å². The SMILES string of the molecule is CNC(=O)c1cccc(NC2=C(NC3CCCCC3)C(O)C2=O)c1O. The number of aliphatic hydroxyl groups is 1. The number of aromatic hydroxyl groups is 1. The monoisotopic (exact) mass is 345 g/mol. The maximum Gasteiger partial charge on any atom is 0.254 e. The molecule has 1 unspecified atom stereocenters. The third-order valence-corrected chi connectivity index (χ3v) is 4.77. The van der Waals surface area contributed by atoms with E-state index in [1.807, 2.05) is 0 Å². The lowest BCUT2D eigenvalue weighted by Gasteiger charge is -2.34. The number of ketones is 1. The van der Waals surface area contributed by atoms with E-state index >= 15 is 0 Å². The van der Waals surface area contributed by atoms with Gasteiger partial charge in [0.2, 0.25) is 5.78 Å². The molecule has 134 valence electrons. The van der Waals surface area contributed by atoms with Crippen molar-refractivity contribution < 1.29 is 19.8 Å². The molecular weight excluding hydrogens is 322 g/mol. The van der Waals surface area contributed by atoms with Crippen LogP contribution in [0.4, 0.5) is 5.69 Å². The number of benzene rings is 1. The predicted octanol–water partition coefficient (Wildman–Crippen LogP) is 1.24. The molecule has 0 heterocycles. The lowest BCUT2D eigenvalue weighted by atomic mass is 9.90. The molecule has 0 spiro atoms. The standard InChI is InChI=1S/C18H23N3O4/c1-19-18(25)11-8-5-9-12(15(11)22)21-14-13(16(23)17(14)24)20-10-6-3-2-4-7-10/h5,8-10,16,20-23H,2-4,6-7H2,1H3,(H,19,25). The second-order valence-electron chi connectivity index (χ2n) is 6.44. The molecule has 25 heavy (non-hydrogen) atoms. The van der Waals surface area contributed by atoms with E-state index in [4.69, 9.17) is 0 Å². The highest BCUT2D eigenvalue weighted by Crippen LogP contribution is 2.33. The first kappa shape index (κ1) is 17.3. The highest BCUT2D eigenvalue weighted by atomic mass is 16.3. The molecule has 1 saturated carbocycles. The highest BCUT2D eigenvalue weighted by molar-refractivity contribution is 6.11. The smallest absolute Gasteiger partial charge is 0.254 e. The molecule has 1 aromatic carbocycles. The van der Waals surface area contributed by atoms with E-state index < -0.39 is 17.8 Å². The number of nitrogens with one attached hydrogen (secondary N) is 3. The van der Waals surface area contributed by atoms with Gasteiger partial charge in [-0.3, -0.25) is 9.59 Å². The fourth-order valence-electron chi connectivity index (χ4n) is 3.30. The number of hydrogen-bond donors (Lipinski definition) is 5. The zero-order valence-corrected chi connectivity index (χ0v) is 14.1. The van der Waals surface area contributed by atoms with Crippen LogP contribution in [0.3, 0.4) is 0 Å². The molecule has 2 aliphatic carbocycles. The number of Topliss-reactive ketones (excluding diaryl/α,β-unsaturated/α-hetero) is 1. The van der Waals surface area contributed by atoms with Crippen LogP contribution in [0.1, 0.15) is 42.5 Å². The first-order valence-electron chi connectivity index (χ1n) is 8.57. The Balaban J connectivity index is 1.82. The molecule has 2 aliphatic rings. The van der Waals surface area contributed by atoms with Crippen molar-refractivity contribution in [1.82, 2.24) is 10.6 Å². The van der Waals surface area contributed by atoms with E-state index in [9.17, 15) is 19.8 Å². The Morgan fingerprint density at radius 3 is 2.60 bits per heavy atom. The number of carbonyl (C=O) groups excluding carboxylic acids is 2. The third-order valence-electron chi connectivity index (χ3n) is 4.77. The van der Waals surface area contributed by atoms with E-state index in [2.05, 4.69) is 16.0 Å². The third kappa shape index (κ3) is 3.32. The summed E-state index contributed by atoms with van der Waals surface area (Å²) in [5, 5.41) is 28.8. The molecule has 0 aliphatic heterocycles. The summed E-state index contributed by atoms with van der Waals surface area (Å²) in [6.45, 7) is 0. The maximum atomic E-state index is 12.0. The van der Waals surface area contributed by atoms with Crippen molar-refractivity contribution in [1.29, 1.82) is 0 Å². The van der Waals surface area contributed by atoms with Gasteiger partial charge in [-0.05, 0) is 25.0 Å². The number of rotatable bonds is 5. The largest absolute Gasteiger partial charge is 0.505 e. The number of phenols is 1. The van der Waals surface area contributed by atoms with Crippen LogP contribution in [0, 0.1) is 0 Å². The van der Waals surface area contributed by atoms with Gasteiger partial charge in [-0.2, -0.15) is 0 Å². The Kier molecular flexibility index (Phi) is 4.94. The topological polar surface area (TPSA) is 111 Å². The Hall–Kier alpha value is -2.54. The van der Waals surface area contributed by atoms with Crippen molar-refractivity contribution in [2.24, 2.45) is 0 Å². The number of aliphatic hydroxyl groups excluding tert-OH is 1. The summed E-state index contributed by atoms with van der Waals surface area (Å²) < 4.78 is 0. The van der Waals surface area contributed by atoms with Gasteiger partial charge in [0.05, 0.1) is 16.9 Å². The number of hydrogen-bond acceptors (Lipinski definition) is 6. The van der Waals surface area contributed by atoms with Crippen LogP contribution in [-0.4, -0.2) is 41.1 Å². The molecule has 5 N–H and O–H groups in total. The molecule has 7 nitrogen and oxygen atoms in total. The van der Waals surface area contributed by atoms with E-state index in [0.29, 0.717) is 5.70 Å². The fraction of sp³-hybridized carbons (Fsp3) is 0.444. The molecule has 1 aromatic rings. The number of para-hydroxylation sites is 1. The number of amides is 1. The summed E-state index contributed by atoms with van der Waals surface area (Å²) in [5.41, 5.74) is 1.06. The first-order chi connectivity index (χ1) is 12.0. The van der Waals surface area contributed by atoms with Crippen LogP contribution >= 0.6 is 0 Å². The second-order valence-corrected chi connectivity index (χ2v) is 6.44. The molecule has 0 radical (unpaired) electrons. The van der Waals surface area contributed by atoms with E-state index in [1.165, 1.54) is 19.5 Å². The summed E-state index contributed by atoms with van der Waals surface area (Å²) in [5.74, 6) is -1.08. The van der Waals surface area contributed by atoms with Crippen LogP contribution in [0.2, 0.25) is 0 Å².